The summed E-state index contributed by atoms with van der Waals surface area (Å²) < 4.78 is 7.76. The van der Waals surface area contributed by atoms with Crippen LogP contribution in [0, 0.1) is 6.92 Å². The van der Waals surface area contributed by atoms with Gasteiger partial charge in [0.1, 0.15) is 6.10 Å². The van der Waals surface area contributed by atoms with Crippen LogP contribution in [0.2, 0.25) is 0 Å². The molecular formula is C21H20N4O3. The molecule has 7 nitrogen and oxygen atoms in total. The van der Waals surface area contributed by atoms with E-state index in [2.05, 4.69) is 34.7 Å². The van der Waals surface area contributed by atoms with Gasteiger partial charge in [0, 0.05) is 11.3 Å². The van der Waals surface area contributed by atoms with E-state index >= 15 is 0 Å². The van der Waals surface area contributed by atoms with E-state index in [1.807, 2.05) is 11.6 Å². The molecule has 0 radical (unpaired) electrons. The molecule has 1 atom stereocenters. The molecule has 142 valence electrons. The zero-order chi connectivity index (χ0) is 19.7. The Kier molecular flexibility index (Phi) is 4.67. The van der Waals surface area contributed by atoms with Crippen molar-refractivity contribution in [2.75, 3.05) is 5.32 Å². The largest absolute Gasteiger partial charge is 0.366 e. The topological polar surface area (TPSA) is 99.2 Å². The molecule has 3 N–H and O–H groups in total. The van der Waals surface area contributed by atoms with Crippen molar-refractivity contribution in [3.63, 3.8) is 0 Å². The molecule has 0 unspecified atom stereocenters. The summed E-state index contributed by atoms with van der Waals surface area (Å²) in [6.07, 6.45) is -0.0924. The number of benzene rings is 2. The molecule has 1 aromatic heterocycles. The van der Waals surface area contributed by atoms with Crippen molar-refractivity contribution in [3.05, 3.63) is 82.7 Å². The van der Waals surface area contributed by atoms with Crippen molar-refractivity contribution in [2.24, 2.45) is 5.73 Å². The zero-order valence-electron chi connectivity index (χ0n) is 15.4. The van der Waals surface area contributed by atoms with E-state index < -0.39 is 5.91 Å². The minimum absolute atomic E-state index is 0.0924. The lowest BCUT2D eigenvalue weighted by molar-refractivity contribution is -0.00119. The molecule has 1 aliphatic heterocycles. The number of aryl methyl sites for hydroxylation is 1. The Morgan fingerprint density at radius 1 is 1.14 bits per heavy atom. The Hall–Kier alpha value is -3.45. The van der Waals surface area contributed by atoms with Gasteiger partial charge >= 0.3 is 0 Å². The van der Waals surface area contributed by atoms with E-state index in [-0.39, 0.29) is 12.0 Å². The van der Waals surface area contributed by atoms with E-state index in [0.717, 1.165) is 11.3 Å². The Morgan fingerprint density at radius 3 is 2.54 bits per heavy atom. The standard InChI is InChI=1S/C21H20N4O3/c1-13-2-4-14(5-3-13)19-11-25-17(12-28-19)10-18(24-25)21(27)23-16-8-6-15(7-9-16)20(22)26/h2-10,19H,11-12H2,1H3,(H2,22,26)(H,23,27)/t19-/m1/s1. The van der Waals surface area contributed by atoms with Crippen LogP contribution >= 0.6 is 0 Å². The van der Waals surface area contributed by atoms with Gasteiger partial charge in [0.05, 0.1) is 18.8 Å². The number of amides is 2. The first-order valence-electron chi connectivity index (χ1n) is 8.96. The van der Waals surface area contributed by atoms with E-state index in [1.165, 1.54) is 5.56 Å². The molecule has 0 saturated carbocycles. The third-order valence-electron chi connectivity index (χ3n) is 4.74. The lowest BCUT2D eigenvalue weighted by Gasteiger charge is -2.24. The van der Waals surface area contributed by atoms with Gasteiger partial charge in [-0.3, -0.25) is 14.3 Å². The molecule has 4 rings (SSSR count). The first-order chi connectivity index (χ1) is 13.5. The predicted octanol–water partition coefficient (Wildman–Crippen LogP) is 2.81. The van der Waals surface area contributed by atoms with E-state index in [9.17, 15) is 9.59 Å². The number of fused-ring (bicyclic) bond motifs is 1. The first kappa shape index (κ1) is 17.9. The summed E-state index contributed by atoms with van der Waals surface area (Å²) >= 11 is 0. The highest BCUT2D eigenvalue weighted by Crippen LogP contribution is 2.27. The van der Waals surface area contributed by atoms with Crippen LogP contribution in [0.1, 0.15) is 43.8 Å². The molecule has 0 fully saturated rings. The van der Waals surface area contributed by atoms with Gasteiger partial charge in [0.15, 0.2) is 5.69 Å². The number of rotatable bonds is 4. The number of nitrogens with one attached hydrogen (secondary N) is 1. The van der Waals surface area contributed by atoms with Crippen LogP contribution in [0.4, 0.5) is 5.69 Å². The second-order valence-electron chi connectivity index (χ2n) is 6.81. The predicted molar refractivity (Wildman–Crippen MR) is 104 cm³/mol. The fourth-order valence-electron chi connectivity index (χ4n) is 3.13. The summed E-state index contributed by atoms with van der Waals surface area (Å²) in [6.45, 7) is 2.99. The Bertz CT molecular complexity index is 1020. The average molecular weight is 376 g/mol. The highest BCUT2D eigenvalue weighted by atomic mass is 16.5. The number of primary amides is 1. The third-order valence-corrected chi connectivity index (χ3v) is 4.74. The molecule has 3 aromatic rings. The van der Waals surface area contributed by atoms with Crippen molar-refractivity contribution < 1.29 is 14.3 Å². The maximum Gasteiger partial charge on any atom is 0.276 e. The second-order valence-corrected chi connectivity index (χ2v) is 6.81. The molecule has 2 amide bonds. The number of carbonyl (C=O) groups excluding carboxylic acids is 2. The first-order valence-corrected chi connectivity index (χ1v) is 8.96. The smallest absolute Gasteiger partial charge is 0.276 e. The molecule has 0 saturated heterocycles. The summed E-state index contributed by atoms with van der Waals surface area (Å²) in [5, 5.41) is 7.21. The van der Waals surface area contributed by atoms with Crippen LogP contribution in [0.3, 0.4) is 0 Å². The quantitative estimate of drug-likeness (QED) is 0.731. The Balaban J connectivity index is 1.47. The normalized spacial score (nSPS) is 15.7. The van der Waals surface area contributed by atoms with Crippen molar-refractivity contribution in [1.82, 2.24) is 9.78 Å². The maximum absolute atomic E-state index is 12.5. The number of carbonyl (C=O) groups is 2. The van der Waals surface area contributed by atoms with Crippen molar-refractivity contribution in [3.8, 4) is 0 Å². The summed E-state index contributed by atoms with van der Waals surface area (Å²) in [5.74, 6) is -0.830. The van der Waals surface area contributed by atoms with Crippen LogP contribution in [0.15, 0.2) is 54.6 Å². The number of nitrogens with zero attached hydrogens (tertiary/aromatic N) is 2. The number of ether oxygens (including phenoxy) is 1. The molecule has 0 bridgehead atoms. The number of nitrogens with two attached hydrogens (primary N) is 1. The number of aromatic nitrogens is 2. The van der Waals surface area contributed by atoms with Gasteiger partial charge in [0.25, 0.3) is 5.91 Å². The molecule has 1 aliphatic rings. The highest BCUT2D eigenvalue weighted by molar-refractivity contribution is 6.03. The maximum atomic E-state index is 12.5. The van der Waals surface area contributed by atoms with Crippen LogP contribution in [-0.2, 0) is 17.9 Å². The second kappa shape index (κ2) is 7.28. The molecule has 7 heteroatoms. The SMILES string of the molecule is Cc1ccc([C@H]2Cn3nc(C(=O)Nc4ccc(C(N)=O)cc4)cc3CO2)cc1. The van der Waals surface area contributed by atoms with E-state index in [4.69, 9.17) is 10.5 Å². The fraction of sp³-hybridized carbons (Fsp3) is 0.190. The lowest BCUT2D eigenvalue weighted by atomic mass is 10.1. The van der Waals surface area contributed by atoms with E-state index in [1.54, 1.807) is 30.3 Å². The summed E-state index contributed by atoms with van der Waals surface area (Å²) in [5.41, 5.74) is 9.64. The summed E-state index contributed by atoms with van der Waals surface area (Å²) in [7, 11) is 0. The Morgan fingerprint density at radius 2 is 1.86 bits per heavy atom. The number of hydrogen-bond acceptors (Lipinski definition) is 4. The van der Waals surface area contributed by atoms with Gasteiger partial charge < -0.3 is 15.8 Å². The van der Waals surface area contributed by atoms with Gasteiger partial charge in [0.2, 0.25) is 5.91 Å². The molecule has 0 spiro atoms. The Labute approximate surface area is 162 Å². The average Bonchev–Trinajstić information content (AvgIpc) is 3.12. The highest BCUT2D eigenvalue weighted by Gasteiger charge is 2.24. The lowest BCUT2D eigenvalue weighted by Crippen LogP contribution is -2.22. The summed E-state index contributed by atoms with van der Waals surface area (Å²) in [4.78, 5) is 23.6. The van der Waals surface area contributed by atoms with Crippen LogP contribution in [0.5, 0.6) is 0 Å². The van der Waals surface area contributed by atoms with Crippen LogP contribution in [-0.4, -0.2) is 21.6 Å². The molecule has 2 aromatic carbocycles. The molecule has 28 heavy (non-hydrogen) atoms. The van der Waals surface area contributed by atoms with Gasteiger partial charge in [-0.25, -0.2) is 0 Å². The van der Waals surface area contributed by atoms with Gasteiger partial charge in [-0.05, 0) is 42.8 Å². The molecule has 2 heterocycles. The minimum Gasteiger partial charge on any atom is -0.366 e. The van der Waals surface area contributed by atoms with Crippen molar-refractivity contribution >= 4 is 17.5 Å². The van der Waals surface area contributed by atoms with Crippen molar-refractivity contribution in [2.45, 2.75) is 26.2 Å². The van der Waals surface area contributed by atoms with Gasteiger partial charge in [-0.1, -0.05) is 29.8 Å². The van der Waals surface area contributed by atoms with E-state index in [0.29, 0.717) is 30.1 Å². The van der Waals surface area contributed by atoms with Gasteiger partial charge in [-0.15, -0.1) is 0 Å². The molecular weight excluding hydrogens is 356 g/mol. The molecule has 0 aliphatic carbocycles. The monoisotopic (exact) mass is 376 g/mol. The fourth-order valence-corrected chi connectivity index (χ4v) is 3.13. The minimum atomic E-state index is -0.511. The van der Waals surface area contributed by atoms with Gasteiger partial charge in [-0.2, -0.15) is 5.10 Å². The number of hydrogen-bond donors (Lipinski definition) is 2. The zero-order valence-corrected chi connectivity index (χ0v) is 15.4. The van der Waals surface area contributed by atoms with Crippen LogP contribution < -0.4 is 11.1 Å². The van der Waals surface area contributed by atoms with Crippen molar-refractivity contribution in [1.29, 1.82) is 0 Å². The summed E-state index contributed by atoms with van der Waals surface area (Å²) in [6, 6.07) is 16.3. The van der Waals surface area contributed by atoms with Crippen LogP contribution in [0.25, 0.3) is 0 Å². The number of anilines is 1. The third kappa shape index (κ3) is 3.65.